The number of carbonyl (C=O) groups excluding carboxylic acids is 2. The van der Waals surface area contributed by atoms with Gasteiger partial charge < -0.3 is 20.1 Å². The smallest absolute Gasteiger partial charge is 0.244 e. The fourth-order valence-corrected chi connectivity index (χ4v) is 2.27. The second-order valence-corrected chi connectivity index (χ2v) is 5.83. The summed E-state index contributed by atoms with van der Waals surface area (Å²) in [5, 5.41) is 4.34. The van der Waals surface area contributed by atoms with Crippen LogP contribution in [0.25, 0.3) is 6.08 Å². The molecule has 0 saturated heterocycles. The monoisotopic (exact) mass is 420 g/mol. The van der Waals surface area contributed by atoms with Crippen molar-refractivity contribution in [3.05, 3.63) is 72.1 Å². The average molecular weight is 420 g/mol. The highest BCUT2D eigenvalue weighted by Gasteiger charge is 2.15. The van der Waals surface area contributed by atoms with Crippen LogP contribution in [0, 0.1) is 17.5 Å². The van der Waals surface area contributed by atoms with E-state index in [4.69, 9.17) is 9.47 Å². The Morgan fingerprint density at radius 2 is 1.87 bits per heavy atom. The molecule has 0 spiro atoms. The van der Waals surface area contributed by atoms with Crippen molar-refractivity contribution in [2.75, 3.05) is 25.6 Å². The number of halogens is 3. The Labute approximate surface area is 171 Å². The van der Waals surface area contributed by atoms with Crippen molar-refractivity contribution < 1.29 is 32.2 Å². The molecule has 6 nitrogen and oxygen atoms in total. The third kappa shape index (κ3) is 6.13. The predicted octanol–water partition coefficient (Wildman–Crippen LogP) is 3.45. The molecule has 30 heavy (non-hydrogen) atoms. The van der Waals surface area contributed by atoms with Gasteiger partial charge in [0.25, 0.3) is 0 Å². The van der Waals surface area contributed by atoms with Gasteiger partial charge in [0.05, 0.1) is 19.3 Å². The van der Waals surface area contributed by atoms with Crippen molar-refractivity contribution in [1.29, 1.82) is 0 Å². The number of ether oxygens (including phenoxy) is 2. The van der Waals surface area contributed by atoms with E-state index in [0.29, 0.717) is 29.7 Å². The molecule has 2 aromatic rings. The summed E-state index contributed by atoms with van der Waals surface area (Å²) in [5.74, 6) is -5.03. The Morgan fingerprint density at radius 3 is 2.57 bits per heavy atom. The molecule has 0 aliphatic carbocycles. The van der Waals surface area contributed by atoms with Gasteiger partial charge in [-0.1, -0.05) is 18.7 Å². The summed E-state index contributed by atoms with van der Waals surface area (Å²) < 4.78 is 50.2. The second-order valence-electron chi connectivity index (χ2n) is 5.83. The lowest BCUT2D eigenvalue weighted by atomic mass is 10.2. The highest BCUT2D eigenvalue weighted by Crippen LogP contribution is 2.28. The van der Waals surface area contributed by atoms with Gasteiger partial charge in [-0.25, -0.2) is 13.2 Å². The molecule has 9 heteroatoms. The maximum Gasteiger partial charge on any atom is 0.244 e. The number of nitrogens with one attached hydrogen (secondary N) is 2. The van der Waals surface area contributed by atoms with E-state index in [-0.39, 0.29) is 0 Å². The van der Waals surface area contributed by atoms with Crippen molar-refractivity contribution in [3.8, 4) is 11.5 Å². The van der Waals surface area contributed by atoms with Crippen molar-refractivity contribution in [2.24, 2.45) is 0 Å². The Morgan fingerprint density at radius 1 is 1.10 bits per heavy atom. The van der Waals surface area contributed by atoms with Crippen molar-refractivity contribution in [1.82, 2.24) is 5.32 Å². The van der Waals surface area contributed by atoms with Gasteiger partial charge in [0, 0.05) is 6.08 Å². The van der Waals surface area contributed by atoms with E-state index in [9.17, 15) is 22.8 Å². The Kier molecular flexibility index (Phi) is 8.04. The van der Waals surface area contributed by atoms with E-state index in [0.717, 1.165) is 6.07 Å². The molecule has 158 valence electrons. The van der Waals surface area contributed by atoms with Gasteiger partial charge in [-0.15, -0.1) is 0 Å². The lowest BCUT2D eigenvalue weighted by molar-refractivity contribution is -0.121. The highest BCUT2D eigenvalue weighted by atomic mass is 19.2. The first-order chi connectivity index (χ1) is 14.3. The minimum Gasteiger partial charge on any atom is -0.493 e. The zero-order valence-electron chi connectivity index (χ0n) is 16.0. The van der Waals surface area contributed by atoms with Crippen LogP contribution in [-0.4, -0.2) is 32.1 Å². The fraction of sp³-hybridized carbons (Fsp3) is 0.143. The molecular weight excluding hydrogens is 401 g/mol. The molecule has 0 aliphatic heterocycles. The lowest BCUT2D eigenvalue weighted by Crippen LogP contribution is -2.32. The standard InChI is InChI=1S/C21H19F3N2O4/c1-3-10-30-16-8-4-13(11-17(16)29-2)5-9-18(27)25-12-19(28)26-15-7-6-14(22)20(23)21(15)24/h3-9,11H,1,10,12H2,2H3,(H,25,27)(H,26,28)/b9-5+. The van der Waals surface area contributed by atoms with Crippen LogP contribution < -0.4 is 20.1 Å². The van der Waals surface area contributed by atoms with Crippen molar-refractivity contribution >= 4 is 23.6 Å². The number of hydrogen-bond donors (Lipinski definition) is 2. The zero-order chi connectivity index (χ0) is 22.1. The first-order valence-corrected chi connectivity index (χ1v) is 8.66. The fourth-order valence-electron chi connectivity index (χ4n) is 2.27. The van der Waals surface area contributed by atoms with Crippen LogP contribution in [0.1, 0.15) is 5.56 Å². The molecule has 2 amide bonds. The van der Waals surface area contributed by atoms with E-state index in [1.807, 2.05) is 5.32 Å². The molecule has 0 fully saturated rings. The van der Waals surface area contributed by atoms with Gasteiger partial charge in [0.1, 0.15) is 6.61 Å². The van der Waals surface area contributed by atoms with Gasteiger partial charge in [0.15, 0.2) is 29.0 Å². The van der Waals surface area contributed by atoms with Crippen LogP contribution in [0.3, 0.4) is 0 Å². The highest BCUT2D eigenvalue weighted by molar-refractivity contribution is 5.98. The molecule has 0 aliphatic rings. The van der Waals surface area contributed by atoms with Gasteiger partial charge in [-0.2, -0.15) is 0 Å². The van der Waals surface area contributed by atoms with Crippen LogP contribution >= 0.6 is 0 Å². The molecule has 0 unspecified atom stereocenters. The summed E-state index contributed by atoms with van der Waals surface area (Å²) >= 11 is 0. The molecule has 2 N–H and O–H groups in total. The first-order valence-electron chi connectivity index (χ1n) is 8.66. The maximum absolute atomic E-state index is 13.5. The third-order valence-corrected chi connectivity index (χ3v) is 3.70. The number of hydrogen-bond acceptors (Lipinski definition) is 4. The lowest BCUT2D eigenvalue weighted by Gasteiger charge is -2.09. The topological polar surface area (TPSA) is 76.7 Å². The average Bonchev–Trinajstić information content (AvgIpc) is 2.75. The summed E-state index contributed by atoms with van der Waals surface area (Å²) in [7, 11) is 1.48. The molecule has 0 aromatic heterocycles. The van der Waals surface area contributed by atoms with Gasteiger partial charge in [0.2, 0.25) is 11.8 Å². The van der Waals surface area contributed by atoms with Crippen LogP contribution in [0.2, 0.25) is 0 Å². The molecule has 2 rings (SSSR count). The van der Waals surface area contributed by atoms with E-state index < -0.39 is 41.5 Å². The predicted molar refractivity (Wildman–Crippen MR) is 106 cm³/mol. The number of anilines is 1. The largest absolute Gasteiger partial charge is 0.493 e. The van der Waals surface area contributed by atoms with Gasteiger partial charge in [-0.3, -0.25) is 9.59 Å². The minimum atomic E-state index is -1.70. The molecule has 0 bridgehead atoms. The first kappa shape index (κ1) is 22.5. The van der Waals surface area contributed by atoms with Crippen molar-refractivity contribution in [3.63, 3.8) is 0 Å². The van der Waals surface area contributed by atoms with Crippen molar-refractivity contribution in [2.45, 2.75) is 0 Å². The summed E-state index contributed by atoms with van der Waals surface area (Å²) in [6.07, 6.45) is 4.27. The molecular formula is C21H19F3N2O4. The van der Waals surface area contributed by atoms with Crippen LogP contribution in [0.15, 0.2) is 49.1 Å². The summed E-state index contributed by atoms with van der Waals surface area (Å²) in [6.45, 7) is 3.37. The summed E-state index contributed by atoms with van der Waals surface area (Å²) in [5.41, 5.74) is 0.107. The van der Waals surface area contributed by atoms with Crippen LogP contribution in [-0.2, 0) is 9.59 Å². The Hall–Kier alpha value is -3.75. The summed E-state index contributed by atoms with van der Waals surface area (Å²) in [6, 6.07) is 6.58. The second kappa shape index (κ2) is 10.7. The number of methoxy groups -OCH3 is 1. The van der Waals surface area contributed by atoms with Crippen LogP contribution in [0.4, 0.5) is 18.9 Å². The molecule has 0 atom stereocenters. The minimum absolute atomic E-state index is 0.310. The normalized spacial score (nSPS) is 10.5. The van der Waals surface area contributed by atoms with E-state index >= 15 is 0 Å². The SMILES string of the molecule is C=CCOc1ccc(/C=C/C(=O)NCC(=O)Nc2ccc(F)c(F)c2F)cc1OC. The van der Waals surface area contributed by atoms with Crippen LogP contribution in [0.5, 0.6) is 11.5 Å². The van der Waals surface area contributed by atoms with Gasteiger partial charge in [-0.05, 0) is 35.9 Å². The summed E-state index contributed by atoms with van der Waals surface area (Å²) in [4.78, 5) is 23.6. The van der Waals surface area contributed by atoms with Gasteiger partial charge >= 0.3 is 0 Å². The number of rotatable bonds is 9. The Bertz CT molecular complexity index is 977. The third-order valence-electron chi connectivity index (χ3n) is 3.70. The number of benzene rings is 2. The van der Waals surface area contributed by atoms with E-state index in [1.165, 1.54) is 19.3 Å². The zero-order valence-corrected chi connectivity index (χ0v) is 16.0. The Balaban J connectivity index is 1.91. The molecule has 0 radical (unpaired) electrons. The van der Waals surface area contributed by atoms with E-state index in [1.54, 1.807) is 24.3 Å². The molecule has 0 heterocycles. The van der Waals surface area contributed by atoms with E-state index in [2.05, 4.69) is 11.9 Å². The molecule has 2 aromatic carbocycles. The number of amides is 2. The number of carbonyl (C=O) groups is 2. The maximum atomic E-state index is 13.5. The molecule has 0 saturated carbocycles. The quantitative estimate of drug-likeness (QED) is 0.370.